The summed E-state index contributed by atoms with van der Waals surface area (Å²) in [5, 5.41) is 6.76. The van der Waals surface area contributed by atoms with Crippen molar-refractivity contribution >= 4 is 28.6 Å². The van der Waals surface area contributed by atoms with Crippen LogP contribution in [0, 0.1) is 0 Å². The van der Waals surface area contributed by atoms with Gasteiger partial charge in [-0.05, 0) is 12.1 Å². The van der Waals surface area contributed by atoms with Crippen molar-refractivity contribution in [2.24, 2.45) is 0 Å². The minimum atomic E-state index is -0.0362. The third-order valence-corrected chi connectivity index (χ3v) is 2.89. The lowest BCUT2D eigenvalue weighted by molar-refractivity contribution is -0.121. The van der Waals surface area contributed by atoms with Crippen LogP contribution < -0.4 is 16.4 Å². The van der Waals surface area contributed by atoms with Crippen LogP contribution in [0.4, 0.5) is 11.8 Å². The van der Waals surface area contributed by atoms with Crippen LogP contribution in [0.2, 0.25) is 0 Å². The maximum Gasteiger partial charge on any atom is 0.222 e. The highest BCUT2D eigenvalue weighted by Gasteiger charge is 2.06. The van der Waals surface area contributed by atoms with Crippen LogP contribution in [0.15, 0.2) is 24.3 Å². The Labute approximate surface area is 122 Å². The van der Waals surface area contributed by atoms with Crippen LogP contribution in [-0.4, -0.2) is 42.7 Å². The van der Waals surface area contributed by atoms with E-state index in [0.29, 0.717) is 31.9 Å². The minimum absolute atomic E-state index is 0.0362. The molecule has 1 amide bonds. The zero-order chi connectivity index (χ0) is 15.1. The summed E-state index contributed by atoms with van der Waals surface area (Å²) in [6.45, 7) is 1.49. The number of hydrogen-bond acceptors (Lipinski definition) is 6. The monoisotopic (exact) mass is 289 g/mol. The lowest BCUT2D eigenvalue weighted by Gasteiger charge is -2.09. The number of methoxy groups -OCH3 is 1. The lowest BCUT2D eigenvalue weighted by Crippen LogP contribution is -2.28. The number of nitrogens with zero attached hydrogens (tertiary/aromatic N) is 2. The van der Waals surface area contributed by atoms with E-state index in [1.165, 1.54) is 0 Å². The SMILES string of the molecule is COCCNC(=O)CCNc1nc(N)nc2ccccc12. The van der Waals surface area contributed by atoms with Gasteiger partial charge in [0, 0.05) is 32.0 Å². The topological polar surface area (TPSA) is 102 Å². The Kier molecular flexibility index (Phi) is 5.28. The highest BCUT2D eigenvalue weighted by molar-refractivity contribution is 5.90. The first-order chi connectivity index (χ1) is 10.2. The van der Waals surface area contributed by atoms with Gasteiger partial charge in [0.05, 0.1) is 12.1 Å². The van der Waals surface area contributed by atoms with Gasteiger partial charge >= 0.3 is 0 Å². The number of carbonyl (C=O) groups excluding carboxylic acids is 1. The number of aromatic nitrogens is 2. The second kappa shape index (κ2) is 7.39. The molecular formula is C14H19N5O2. The van der Waals surface area contributed by atoms with Gasteiger partial charge in [0.25, 0.3) is 0 Å². The number of fused-ring (bicyclic) bond motifs is 1. The van der Waals surface area contributed by atoms with Gasteiger partial charge in [-0.15, -0.1) is 0 Å². The van der Waals surface area contributed by atoms with Crippen LogP contribution in [0.5, 0.6) is 0 Å². The number of amides is 1. The van der Waals surface area contributed by atoms with Gasteiger partial charge in [-0.3, -0.25) is 4.79 Å². The van der Waals surface area contributed by atoms with Gasteiger partial charge in [-0.2, -0.15) is 4.98 Å². The largest absolute Gasteiger partial charge is 0.383 e. The van der Waals surface area contributed by atoms with Crippen molar-refractivity contribution in [3.63, 3.8) is 0 Å². The van der Waals surface area contributed by atoms with Crippen LogP contribution in [0.25, 0.3) is 10.9 Å². The zero-order valence-electron chi connectivity index (χ0n) is 11.9. The molecule has 0 aliphatic heterocycles. The second-order valence-corrected chi connectivity index (χ2v) is 4.47. The van der Waals surface area contributed by atoms with Gasteiger partial charge in [0.15, 0.2) is 0 Å². The van der Waals surface area contributed by atoms with Gasteiger partial charge in [-0.25, -0.2) is 4.98 Å². The predicted octanol–water partition coefficient (Wildman–Crippen LogP) is 0.777. The molecule has 0 spiro atoms. The van der Waals surface area contributed by atoms with Crippen LogP contribution in [0.1, 0.15) is 6.42 Å². The Morgan fingerprint density at radius 3 is 2.90 bits per heavy atom. The molecule has 0 unspecified atom stereocenters. The highest BCUT2D eigenvalue weighted by Crippen LogP contribution is 2.20. The molecule has 0 aliphatic carbocycles. The number of hydrogen-bond donors (Lipinski definition) is 3. The summed E-state index contributed by atoms with van der Waals surface area (Å²) in [5.41, 5.74) is 6.46. The fourth-order valence-corrected chi connectivity index (χ4v) is 1.90. The second-order valence-electron chi connectivity index (χ2n) is 4.47. The molecule has 112 valence electrons. The van der Waals surface area contributed by atoms with Crippen molar-refractivity contribution in [3.8, 4) is 0 Å². The summed E-state index contributed by atoms with van der Waals surface area (Å²) >= 11 is 0. The van der Waals surface area contributed by atoms with E-state index >= 15 is 0 Å². The van der Waals surface area contributed by atoms with Gasteiger partial charge in [0.2, 0.25) is 11.9 Å². The van der Waals surface area contributed by atoms with E-state index in [1.807, 2.05) is 24.3 Å². The molecule has 0 saturated heterocycles. The van der Waals surface area contributed by atoms with Crippen LogP contribution >= 0.6 is 0 Å². The molecule has 0 fully saturated rings. The van der Waals surface area contributed by atoms with Gasteiger partial charge in [0.1, 0.15) is 5.82 Å². The molecule has 0 atom stereocenters. The fourth-order valence-electron chi connectivity index (χ4n) is 1.90. The maximum atomic E-state index is 11.6. The molecule has 1 aromatic carbocycles. The quantitative estimate of drug-likeness (QED) is 0.651. The molecule has 4 N–H and O–H groups in total. The van der Waals surface area contributed by atoms with E-state index in [9.17, 15) is 4.79 Å². The third kappa shape index (κ3) is 4.28. The Morgan fingerprint density at radius 1 is 1.29 bits per heavy atom. The van der Waals surface area contributed by atoms with E-state index in [0.717, 1.165) is 10.9 Å². The van der Waals surface area contributed by atoms with E-state index in [2.05, 4.69) is 20.6 Å². The molecule has 1 heterocycles. The standard InChI is InChI=1S/C14H19N5O2/c1-21-9-8-16-12(20)6-7-17-13-10-4-2-3-5-11(10)18-14(15)19-13/h2-5H,6-9H2,1H3,(H,16,20)(H3,15,17,18,19). The molecule has 7 heteroatoms. The number of ether oxygens (including phenoxy) is 1. The van der Waals surface area contributed by atoms with Crippen LogP contribution in [0.3, 0.4) is 0 Å². The number of nitrogens with two attached hydrogens (primary N) is 1. The van der Waals surface area contributed by atoms with Crippen molar-refractivity contribution in [2.45, 2.75) is 6.42 Å². The van der Waals surface area contributed by atoms with Crippen molar-refractivity contribution < 1.29 is 9.53 Å². The predicted molar refractivity (Wildman–Crippen MR) is 81.9 cm³/mol. The molecule has 7 nitrogen and oxygen atoms in total. The number of rotatable bonds is 7. The zero-order valence-corrected chi connectivity index (χ0v) is 11.9. The smallest absolute Gasteiger partial charge is 0.222 e. The molecule has 0 bridgehead atoms. The van der Waals surface area contributed by atoms with E-state index in [4.69, 9.17) is 10.5 Å². The summed E-state index contributed by atoms with van der Waals surface area (Å²) in [4.78, 5) is 19.9. The molecule has 0 aliphatic rings. The summed E-state index contributed by atoms with van der Waals surface area (Å²) in [5.74, 6) is 0.814. The molecule has 21 heavy (non-hydrogen) atoms. The van der Waals surface area contributed by atoms with Crippen molar-refractivity contribution in [3.05, 3.63) is 24.3 Å². The summed E-state index contributed by atoms with van der Waals surface area (Å²) < 4.78 is 4.87. The average Bonchev–Trinajstić information content (AvgIpc) is 2.47. The maximum absolute atomic E-state index is 11.6. The highest BCUT2D eigenvalue weighted by atomic mass is 16.5. The Balaban J connectivity index is 1.93. The van der Waals surface area contributed by atoms with Crippen LogP contribution in [-0.2, 0) is 9.53 Å². The average molecular weight is 289 g/mol. The number of anilines is 2. The van der Waals surface area contributed by atoms with E-state index < -0.39 is 0 Å². The van der Waals surface area contributed by atoms with Crippen molar-refractivity contribution in [2.75, 3.05) is 37.9 Å². The Bertz CT molecular complexity index is 617. The lowest BCUT2D eigenvalue weighted by atomic mass is 10.2. The van der Waals surface area contributed by atoms with Crippen molar-refractivity contribution in [1.82, 2.24) is 15.3 Å². The number of nitrogens with one attached hydrogen (secondary N) is 2. The molecular weight excluding hydrogens is 270 g/mol. The normalized spacial score (nSPS) is 10.5. The Hall–Kier alpha value is -2.41. The first-order valence-electron chi connectivity index (χ1n) is 6.72. The minimum Gasteiger partial charge on any atom is -0.383 e. The van der Waals surface area contributed by atoms with Gasteiger partial charge < -0.3 is 21.1 Å². The first-order valence-corrected chi connectivity index (χ1v) is 6.72. The van der Waals surface area contributed by atoms with E-state index in [-0.39, 0.29) is 11.9 Å². The van der Waals surface area contributed by atoms with E-state index in [1.54, 1.807) is 7.11 Å². The number of para-hydroxylation sites is 1. The number of carbonyl (C=O) groups is 1. The molecule has 2 aromatic rings. The number of benzene rings is 1. The van der Waals surface area contributed by atoms with Gasteiger partial charge in [-0.1, -0.05) is 12.1 Å². The molecule has 1 aromatic heterocycles. The Morgan fingerprint density at radius 2 is 2.10 bits per heavy atom. The summed E-state index contributed by atoms with van der Waals surface area (Å²) in [6.07, 6.45) is 0.349. The number of nitrogen functional groups attached to an aromatic ring is 1. The fraction of sp³-hybridized carbons (Fsp3) is 0.357. The molecule has 0 radical (unpaired) electrons. The third-order valence-electron chi connectivity index (χ3n) is 2.89. The molecule has 0 saturated carbocycles. The summed E-state index contributed by atoms with van der Waals surface area (Å²) in [6, 6.07) is 7.58. The van der Waals surface area contributed by atoms with Crippen molar-refractivity contribution in [1.29, 1.82) is 0 Å². The summed E-state index contributed by atoms with van der Waals surface area (Å²) in [7, 11) is 1.60. The molecule has 2 rings (SSSR count). The first kappa shape index (κ1) is 15.0.